The third-order valence-electron chi connectivity index (χ3n) is 3.39. The standard InChI is InChI=1S/C17H12N4O3S/c18-11-13-5-1-2-7-16(13)25(23,24)21-10-8-14(12-21)20-17(22)15-6-3-4-9-19-15/h1-10,12H,(H,20,22). The first kappa shape index (κ1) is 16.4. The Kier molecular flexibility index (Phi) is 4.33. The second kappa shape index (κ2) is 6.59. The molecule has 3 rings (SSSR count). The fourth-order valence-electron chi connectivity index (χ4n) is 2.19. The Bertz CT molecular complexity index is 1070. The van der Waals surface area contributed by atoms with Gasteiger partial charge in [0, 0.05) is 18.6 Å². The Morgan fingerprint density at radius 1 is 1.12 bits per heavy atom. The van der Waals surface area contributed by atoms with Crippen molar-refractivity contribution in [3.63, 3.8) is 0 Å². The number of pyridine rings is 1. The topological polar surface area (TPSA) is 105 Å². The lowest BCUT2D eigenvalue weighted by atomic mass is 10.2. The average Bonchev–Trinajstić information content (AvgIpc) is 3.11. The van der Waals surface area contributed by atoms with Crippen molar-refractivity contribution in [3.8, 4) is 6.07 Å². The maximum absolute atomic E-state index is 12.7. The number of hydrogen-bond acceptors (Lipinski definition) is 5. The van der Waals surface area contributed by atoms with Crippen molar-refractivity contribution in [2.24, 2.45) is 0 Å². The lowest BCUT2D eigenvalue weighted by Crippen LogP contribution is -2.14. The Morgan fingerprint density at radius 2 is 1.88 bits per heavy atom. The van der Waals surface area contributed by atoms with E-state index in [2.05, 4.69) is 10.3 Å². The Labute approximate surface area is 144 Å². The monoisotopic (exact) mass is 352 g/mol. The van der Waals surface area contributed by atoms with Gasteiger partial charge in [0.05, 0.1) is 11.3 Å². The van der Waals surface area contributed by atoms with Crippen LogP contribution in [0.2, 0.25) is 0 Å². The van der Waals surface area contributed by atoms with Gasteiger partial charge in [-0.1, -0.05) is 18.2 Å². The van der Waals surface area contributed by atoms with E-state index in [1.807, 2.05) is 6.07 Å². The van der Waals surface area contributed by atoms with E-state index in [0.29, 0.717) is 5.69 Å². The van der Waals surface area contributed by atoms with Gasteiger partial charge in [0.2, 0.25) is 0 Å². The van der Waals surface area contributed by atoms with Crippen LogP contribution < -0.4 is 5.32 Å². The minimum atomic E-state index is -3.93. The summed E-state index contributed by atoms with van der Waals surface area (Å²) in [6, 6.07) is 14.1. The molecule has 0 saturated carbocycles. The SMILES string of the molecule is N#Cc1ccccc1S(=O)(=O)n1ccc(NC(=O)c2ccccn2)c1. The Balaban J connectivity index is 1.89. The molecular weight excluding hydrogens is 340 g/mol. The molecule has 3 aromatic rings. The van der Waals surface area contributed by atoms with E-state index < -0.39 is 15.9 Å². The van der Waals surface area contributed by atoms with E-state index in [4.69, 9.17) is 5.26 Å². The largest absolute Gasteiger partial charge is 0.319 e. The van der Waals surface area contributed by atoms with Gasteiger partial charge >= 0.3 is 0 Å². The summed E-state index contributed by atoms with van der Waals surface area (Å²) in [7, 11) is -3.93. The summed E-state index contributed by atoms with van der Waals surface area (Å²) in [6.45, 7) is 0. The Hall–Kier alpha value is -3.44. The highest BCUT2D eigenvalue weighted by atomic mass is 32.2. The predicted molar refractivity (Wildman–Crippen MR) is 90.4 cm³/mol. The van der Waals surface area contributed by atoms with Gasteiger partial charge in [0.15, 0.2) is 0 Å². The zero-order valence-corrected chi connectivity index (χ0v) is 13.6. The quantitative estimate of drug-likeness (QED) is 0.775. The normalized spacial score (nSPS) is 10.8. The number of nitrogens with zero attached hydrogens (tertiary/aromatic N) is 3. The maximum atomic E-state index is 12.7. The van der Waals surface area contributed by atoms with Gasteiger partial charge in [-0.2, -0.15) is 5.26 Å². The zero-order chi connectivity index (χ0) is 17.9. The number of anilines is 1. The number of carbonyl (C=O) groups is 1. The summed E-state index contributed by atoms with van der Waals surface area (Å²) in [6.07, 6.45) is 4.06. The number of aromatic nitrogens is 2. The number of nitriles is 1. The highest BCUT2D eigenvalue weighted by Crippen LogP contribution is 2.20. The van der Waals surface area contributed by atoms with E-state index in [-0.39, 0.29) is 16.2 Å². The average molecular weight is 352 g/mol. The van der Waals surface area contributed by atoms with Crippen LogP contribution >= 0.6 is 0 Å². The van der Waals surface area contributed by atoms with Crippen LogP contribution in [0.5, 0.6) is 0 Å². The second-order valence-electron chi connectivity index (χ2n) is 5.01. The molecule has 0 bridgehead atoms. The number of nitrogens with one attached hydrogen (secondary N) is 1. The van der Waals surface area contributed by atoms with Crippen molar-refractivity contribution in [3.05, 3.63) is 78.4 Å². The molecule has 0 saturated heterocycles. The second-order valence-corrected chi connectivity index (χ2v) is 6.82. The molecule has 1 amide bonds. The number of carbonyl (C=O) groups excluding carboxylic acids is 1. The summed E-state index contributed by atoms with van der Waals surface area (Å²) < 4.78 is 26.3. The summed E-state index contributed by atoms with van der Waals surface area (Å²) in [4.78, 5) is 15.9. The molecule has 1 aromatic carbocycles. The van der Waals surface area contributed by atoms with Gasteiger partial charge in [0.1, 0.15) is 16.7 Å². The van der Waals surface area contributed by atoms with Gasteiger partial charge in [-0.3, -0.25) is 9.78 Å². The minimum absolute atomic E-state index is 0.0512. The van der Waals surface area contributed by atoms with Crippen LogP contribution in [0.1, 0.15) is 16.1 Å². The van der Waals surface area contributed by atoms with Crippen LogP contribution in [0.4, 0.5) is 5.69 Å². The van der Waals surface area contributed by atoms with Crippen molar-refractivity contribution >= 4 is 21.6 Å². The molecule has 0 atom stereocenters. The third-order valence-corrected chi connectivity index (χ3v) is 5.08. The minimum Gasteiger partial charge on any atom is -0.319 e. The van der Waals surface area contributed by atoms with Crippen LogP contribution in [0.15, 0.2) is 72.0 Å². The van der Waals surface area contributed by atoms with Crippen LogP contribution in [-0.4, -0.2) is 23.3 Å². The number of amides is 1. The fraction of sp³-hybridized carbons (Fsp3) is 0. The van der Waals surface area contributed by atoms with Crippen LogP contribution in [0.25, 0.3) is 0 Å². The summed E-state index contributed by atoms with van der Waals surface area (Å²) >= 11 is 0. The molecule has 8 heteroatoms. The smallest absolute Gasteiger partial charge is 0.274 e. The third kappa shape index (κ3) is 3.27. The molecular formula is C17H12N4O3S. The van der Waals surface area contributed by atoms with E-state index in [9.17, 15) is 13.2 Å². The molecule has 2 aromatic heterocycles. The van der Waals surface area contributed by atoms with Crippen molar-refractivity contribution in [2.75, 3.05) is 5.32 Å². The Morgan fingerprint density at radius 3 is 2.60 bits per heavy atom. The predicted octanol–water partition coefficient (Wildman–Crippen LogP) is 2.24. The molecule has 0 aliphatic heterocycles. The molecule has 0 spiro atoms. The maximum Gasteiger partial charge on any atom is 0.274 e. The molecule has 0 radical (unpaired) electrons. The van der Waals surface area contributed by atoms with Crippen molar-refractivity contribution < 1.29 is 13.2 Å². The molecule has 0 fully saturated rings. The molecule has 0 unspecified atom stereocenters. The zero-order valence-electron chi connectivity index (χ0n) is 12.8. The van der Waals surface area contributed by atoms with Gasteiger partial charge in [-0.15, -0.1) is 0 Å². The summed E-state index contributed by atoms with van der Waals surface area (Å²) in [5.74, 6) is -0.451. The fourth-order valence-corrected chi connectivity index (χ4v) is 3.53. The highest BCUT2D eigenvalue weighted by Gasteiger charge is 2.20. The first-order valence-electron chi connectivity index (χ1n) is 7.17. The van der Waals surface area contributed by atoms with Gasteiger partial charge in [0.25, 0.3) is 15.9 Å². The van der Waals surface area contributed by atoms with Crippen LogP contribution in [0.3, 0.4) is 0 Å². The van der Waals surface area contributed by atoms with E-state index in [1.54, 1.807) is 30.3 Å². The summed E-state index contributed by atoms with van der Waals surface area (Å²) in [5.41, 5.74) is 0.567. The molecule has 1 N–H and O–H groups in total. The first-order valence-corrected chi connectivity index (χ1v) is 8.61. The van der Waals surface area contributed by atoms with Gasteiger partial charge in [-0.05, 0) is 30.3 Å². The lowest BCUT2D eigenvalue weighted by Gasteiger charge is -2.07. The van der Waals surface area contributed by atoms with E-state index >= 15 is 0 Å². The number of benzene rings is 1. The van der Waals surface area contributed by atoms with Gasteiger partial charge in [-0.25, -0.2) is 12.4 Å². The van der Waals surface area contributed by atoms with Crippen molar-refractivity contribution in [2.45, 2.75) is 4.90 Å². The lowest BCUT2D eigenvalue weighted by molar-refractivity contribution is 0.102. The van der Waals surface area contributed by atoms with Crippen molar-refractivity contribution in [1.29, 1.82) is 5.26 Å². The summed E-state index contributed by atoms with van der Waals surface area (Å²) in [5, 5.41) is 11.7. The molecule has 0 aliphatic rings. The number of rotatable bonds is 4. The van der Waals surface area contributed by atoms with Gasteiger partial charge < -0.3 is 5.32 Å². The molecule has 124 valence electrons. The molecule has 25 heavy (non-hydrogen) atoms. The van der Waals surface area contributed by atoms with Crippen LogP contribution in [0, 0.1) is 11.3 Å². The van der Waals surface area contributed by atoms with Crippen molar-refractivity contribution in [1.82, 2.24) is 8.96 Å². The molecule has 2 heterocycles. The molecule has 0 aliphatic carbocycles. The van der Waals surface area contributed by atoms with E-state index in [0.717, 1.165) is 3.97 Å². The highest BCUT2D eigenvalue weighted by molar-refractivity contribution is 7.90. The van der Waals surface area contributed by atoms with E-state index in [1.165, 1.54) is 36.8 Å². The van der Waals surface area contributed by atoms with Crippen LogP contribution in [-0.2, 0) is 10.0 Å². The first-order chi connectivity index (χ1) is 12.0. The molecule has 7 nitrogen and oxygen atoms in total. The number of hydrogen-bond donors (Lipinski definition) is 1.